The number of nitrogens with zero attached hydrogens (tertiary/aromatic N) is 3. The standard InChI is InChI=1S/C29H26N6O4S/c1-3-22(36)32-18-7-6-8-19(18)33-27(37)26-25-24-21(12-14-31-28(24)40-26)35(29(38)34-25)20-11-10-17(15-16(20)2)39-23-9-4-5-13-30-23/h3-5,9-15,18-19H,1,6-8H2,2H3,(H,32,36)(H,33,37)(H,34,38)/t18?,19-/m1/s1. The zero-order valence-electron chi connectivity index (χ0n) is 21.6. The van der Waals surface area contributed by atoms with Crippen molar-refractivity contribution in [2.24, 2.45) is 0 Å². The number of amides is 4. The Morgan fingerprint density at radius 2 is 1.93 bits per heavy atom. The summed E-state index contributed by atoms with van der Waals surface area (Å²) in [7, 11) is 0. The molecule has 1 saturated carbocycles. The van der Waals surface area contributed by atoms with Crippen LogP contribution in [-0.2, 0) is 4.79 Å². The molecule has 2 atom stereocenters. The van der Waals surface area contributed by atoms with Gasteiger partial charge in [0.15, 0.2) is 0 Å². The average molecular weight is 555 g/mol. The minimum atomic E-state index is -0.383. The van der Waals surface area contributed by atoms with Crippen LogP contribution in [0, 0.1) is 6.92 Å². The van der Waals surface area contributed by atoms with Gasteiger partial charge in [-0.2, -0.15) is 0 Å². The van der Waals surface area contributed by atoms with Gasteiger partial charge in [0.05, 0.1) is 22.4 Å². The molecule has 1 unspecified atom stereocenters. The first-order valence-corrected chi connectivity index (χ1v) is 13.7. The highest BCUT2D eigenvalue weighted by Gasteiger charge is 2.35. The van der Waals surface area contributed by atoms with Crippen LogP contribution in [0.25, 0.3) is 10.2 Å². The van der Waals surface area contributed by atoms with Crippen molar-refractivity contribution in [3.05, 3.63) is 78.0 Å². The molecule has 1 aromatic carbocycles. The highest BCUT2D eigenvalue weighted by molar-refractivity contribution is 7.21. The van der Waals surface area contributed by atoms with Crippen molar-refractivity contribution in [2.75, 3.05) is 10.2 Å². The summed E-state index contributed by atoms with van der Waals surface area (Å²) in [6.45, 7) is 5.40. The molecule has 0 saturated heterocycles. The van der Waals surface area contributed by atoms with Crippen LogP contribution in [0.2, 0.25) is 0 Å². The molecular formula is C29H26N6O4S. The molecule has 202 valence electrons. The van der Waals surface area contributed by atoms with Gasteiger partial charge in [-0.3, -0.25) is 14.5 Å². The predicted molar refractivity (Wildman–Crippen MR) is 154 cm³/mol. The smallest absolute Gasteiger partial charge is 0.331 e. The number of hydrogen-bond donors (Lipinski definition) is 3. The fraction of sp³-hybridized carbons (Fsp3) is 0.207. The molecular weight excluding hydrogens is 528 g/mol. The quantitative estimate of drug-likeness (QED) is 0.262. The zero-order chi connectivity index (χ0) is 27.8. The second-order valence-electron chi connectivity index (χ2n) is 9.63. The number of aromatic nitrogens is 2. The number of ether oxygens (including phenoxy) is 1. The number of nitrogens with one attached hydrogen (secondary N) is 3. The number of pyridine rings is 2. The van der Waals surface area contributed by atoms with Crippen molar-refractivity contribution in [3.63, 3.8) is 0 Å². The molecule has 0 spiro atoms. The number of carbonyl (C=O) groups is 3. The van der Waals surface area contributed by atoms with Crippen LogP contribution in [0.5, 0.6) is 11.6 Å². The maximum atomic E-state index is 13.5. The number of hydrogen-bond acceptors (Lipinski definition) is 7. The summed E-state index contributed by atoms with van der Waals surface area (Å²) in [5.41, 5.74) is 2.57. The van der Waals surface area contributed by atoms with Gasteiger partial charge in [0.25, 0.3) is 5.91 Å². The van der Waals surface area contributed by atoms with Crippen LogP contribution in [-0.4, -0.2) is 39.9 Å². The fourth-order valence-electron chi connectivity index (χ4n) is 5.24. The van der Waals surface area contributed by atoms with E-state index in [2.05, 4.69) is 32.5 Å². The summed E-state index contributed by atoms with van der Waals surface area (Å²) >= 11 is 1.23. The first kappa shape index (κ1) is 25.5. The lowest BCUT2D eigenvalue weighted by Crippen LogP contribution is -2.48. The van der Waals surface area contributed by atoms with Gasteiger partial charge in [-0.05, 0) is 68.2 Å². The summed E-state index contributed by atoms with van der Waals surface area (Å²) in [4.78, 5) is 50.1. The first-order chi connectivity index (χ1) is 19.4. The highest BCUT2D eigenvalue weighted by Crippen LogP contribution is 2.46. The van der Waals surface area contributed by atoms with E-state index in [0.717, 1.165) is 24.8 Å². The number of rotatable bonds is 7. The van der Waals surface area contributed by atoms with Crippen molar-refractivity contribution in [1.29, 1.82) is 0 Å². The summed E-state index contributed by atoms with van der Waals surface area (Å²) in [5.74, 6) is 0.495. The molecule has 4 amide bonds. The third-order valence-electron chi connectivity index (χ3n) is 7.07. The molecule has 1 aliphatic heterocycles. The van der Waals surface area contributed by atoms with Crippen LogP contribution in [0.4, 0.5) is 21.9 Å². The fourth-order valence-corrected chi connectivity index (χ4v) is 6.26. The molecule has 6 rings (SSSR count). The van der Waals surface area contributed by atoms with Gasteiger partial charge in [-0.1, -0.05) is 12.6 Å². The van der Waals surface area contributed by atoms with E-state index in [9.17, 15) is 14.4 Å². The molecule has 3 N–H and O–H groups in total. The normalized spacial score (nSPS) is 17.8. The van der Waals surface area contributed by atoms with Crippen LogP contribution < -0.4 is 25.6 Å². The van der Waals surface area contributed by atoms with Crippen LogP contribution in [0.3, 0.4) is 0 Å². The first-order valence-electron chi connectivity index (χ1n) is 12.9. The number of carbonyl (C=O) groups excluding carboxylic acids is 3. The monoisotopic (exact) mass is 554 g/mol. The van der Waals surface area contributed by atoms with E-state index >= 15 is 0 Å². The van der Waals surface area contributed by atoms with E-state index in [1.807, 2.05) is 31.2 Å². The van der Waals surface area contributed by atoms with E-state index < -0.39 is 0 Å². The predicted octanol–water partition coefficient (Wildman–Crippen LogP) is 5.43. The Morgan fingerprint density at radius 3 is 2.67 bits per heavy atom. The SMILES string of the molecule is C=CC(=O)NC1CCC[C@H]1NC(=O)c1sc2nccc3c2c1NC(=O)N3c1ccc(Oc2ccccn2)cc1C. The summed E-state index contributed by atoms with van der Waals surface area (Å²) < 4.78 is 5.85. The molecule has 1 aliphatic carbocycles. The van der Waals surface area contributed by atoms with Gasteiger partial charge in [0, 0.05) is 30.5 Å². The Labute approximate surface area is 234 Å². The third kappa shape index (κ3) is 4.64. The van der Waals surface area contributed by atoms with Crippen molar-refractivity contribution in [2.45, 2.75) is 38.3 Å². The minimum Gasteiger partial charge on any atom is -0.439 e. The third-order valence-corrected chi connectivity index (χ3v) is 8.16. The Kier molecular flexibility index (Phi) is 6.64. The Bertz CT molecular complexity index is 1650. The number of urea groups is 1. The number of thiophene rings is 1. The van der Waals surface area contributed by atoms with Crippen LogP contribution in [0.15, 0.2) is 67.5 Å². The van der Waals surface area contributed by atoms with Crippen molar-refractivity contribution in [1.82, 2.24) is 20.6 Å². The van der Waals surface area contributed by atoms with E-state index in [4.69, 9.17) is 4.74 Å². The Balaban J connectivity index is 1.30. The highest BCUT2D eigenvalue weighted by atomic mass is 32.1. The molecule has 4 heterocycles. The van der Waals surface area contributed by atoms with Gasteiger partial charge >= 0.3 is 6.03 Å². The molecule has 0 bridgehead atoms. The maximum Gasteiger partial charge on any atom is 0.331 e. The Morgan fingerprint density at radius 1 is 1.10 bits per heavy atom. The Hall–Kier alpha value is -4.77. The number of aryl methyl sites for hydroxylation is 1. The van der Waals surface area contributed by atoms with Crippen molar-refractivity contribution < 1.29 is 19.1 Å². The molecule has 2 aliphatic rings. The molecule has 4 aromatic rings. The minimum absolute atomic E-state index is 0.174. The second kappa shape index (κ2) is 10.4. The number of benzene rings is 1. The van der Waals surface area contributed by atoms with Gasteiger partial charge in [0.1, 0.15) is 15.5 Å². The molecule has 11 heteroatoms. The zero-order valence-corrected chi connectivity index (χ0v) is 22.5. The lowest BCUT2D eigenvalue weighted by atomic mass is 10.1. The van der Waals surface area contributed by atoms with Crippen molar-refractivity contribution in [3.8, 4) is 11.6 Å². The largest absolute Gasteiger partial charge is 0.439 e. The topological polar surface area (TPSA) is 126 Å². The molecule has 10 nitrogen and oxygen atoms in total. The van der Waals surface area contributed by atoms with E-state index in [-0.39, 0.29) is 29.9 Å². The molecule has 40 heavy (non-hydrogen) atoms. The van der Waals surface area contributed by atoms with Gasteiger partial charge in [0.2, 0.25) is 11.8 Å². The van der Waals surface area contributed by atoms with Crippen LogP contribution >= 0.6 is 11.3 Å². The summed E-state index contributed by atoms with van der Waals surface area (Å²) in [6, 6.07) is 11.9. The van der Waals surface area contributed by atoms with Crippen molar-refractivity contribution >= 4 is 56.5 Å². The molecule has 3 aromatic heterocycles. The van der Waals surface area contributed by atoms with E-state index in [1.165, 1.54) is 17.4 Å². The summed E-state index contributed by atoms with van der Waals surface area (Å²) in [6.07, 6.45) is 6.92. The van der Waals surface area contributed by atoms with Gasteiger partial charge in [-0.15, -0.1) is 11.3 Å². The van der Waals surface area contributed by atoms with Gasteiger partial charge < -0.3 is 20.7 Å². The van der Waals surface area contributed by atoms with E-state index in [0.29, 0.717) is 43.8 Å². The second-order valence-corrected chi connectivity index (χ2v) is 10.6. The maximum absolute atomic E-state index is 13.5. The average Bonchev–Trinajstić information content (AvgIpc) is 3.55. The number of anilines is 3. The summed E-state index contributed by atoms with van der Waals surface area (Å²) in [5, 5.41) is 9.59. The molecule has 0 radical (unpaired) electrons. The lowest BCUT2D eigenvalue weighted by molar-refractivity contribution is -0.117. The van der Waals surface area contributed by atoms with Crippen LogP contribution in [0.1, 0.15) is 34.5 Å². The molecule has 1 fully saturated rings. The lowest BCUT2D eigenvalue weighted by Gasteiger charge is -2.29. The van der Waals surface area contributed by atoms with Gasteiger partial charge in [-0.25, -0.2) is 14.8 Å². The van der Waals surface area contributed by atoms with E-state index in [1.54, 1.807) is 35.5 Å².